The monoisotopic (exact) mass is 628 g/mol. The first kappa shape index (κ1) is 28.3. The second kappa shape index (κ2) is 10.4. The van der Waals surface area contributed by atoms with Crippen molar-refractivity contribution < 1.29 is 0 Å². The van der Waals surface area contributed by atoms with Crippen LogP contribution in [0.5, 0.6) is 0 Å². The zero-order chi connectivity index (χ0) is 32.9. The standard InChI is InChI=1S/C47H36N2/c1-29-21-24-43-48-27-42(49(43)28-29)31-22-23-36-38(25-31)45(35-18-10-9-17-34(35)44(36)30-13-5-4-6-14-30)39-26-41-46(33-16-8-7-15-32(33)39)37-19-11-12-20-40(37)47(41,2)3/h4-28,37,40H,1-3H3. The van der Waals surface area contributed by atoms with Gasteiger partial charge in [0.2, 0.25) is 0 Å². The highest BCUT2D eigenvalue weighted by molar-refractivity contribution is 6.24. The third-order valence-corrected chi connectivity index (χ3v) is 11.4. The topological polar surface area (TPSA) is 17.3 Å². The summed E-state index contributed by atoms with van der Waals surface area (Å²) in [5, 5.41) is 7.76. The number of hydrogen-bond acceptors (Lipinski definition) is 1. The molecule has 0 bridgehead atoms. The molecule has 0 radical (unpaired) electrons. The molecule has 2 heteroatoms. The number of pyridine rings is 1. The van der Waals surface area contributed by atoms with Gasteiger partial charge in [0.25, 0.3) is 0 Å². The van der Waals surface area contributed by atoms with Gasteiger partial charge in [-0.25, -0.2) is 4.98 Å². The number of imidazole rings is 1. The van der Waals surface area contributed by atoms with E-state index < -0.39 is 0 Å². The summed E-state index contributed by atoms with van der Waals surface area (Å²) in [5.41, 5.74) is 12.5. The summed E-state index contributed by atoms with van der Waals surface area (Å²) in [6.45, 7) is 7.03. The first-order valence-corrected chi connectivity index (χ1v) is 17.4. The molecule has 8 aromatic rings. The molecule has 10 rings (SSSR count). The molecule has 2 heterocycles. The summed E-state index contributed by atoms with van der Waals surface area (Å²) in [4.78, 5) is 4.80. The van der Waals surface area contributed by atoms with Gasteiger partial charge in [0.05, 0.1) is 11.9 Å². The number of aryl methyl sites for hydroxylation is 1. The van der Waals surface area contributed by atoms with E-state index in [0.717, 1.165) is 16.9 Å². The lowest BCUT2D eigenvalue weighted by molar-refractivity contribution is 0.394. The van der Waals surface area contributed by atoms with Crippen LogP contribution in [0.3, 0.4) is 0 Å². The van der Waals surface area contributed by atoms with Crippen LogP contribution in [-0.4, -0.2) is 9.38 Å². The predicted molar refractivity (Wildman–Crippen MR) is 206 cm³/mol. The average Bonchev–Trinajstić information content (AvgIpc) is 3.66. The molecule has 2 unspecified atom stereocenters. The minimum absolute atomic E-state index is 0.00480. The lowest BCUT2D eigenvalue weighted by Gasteiger charge is -2.29. The fourth-order valence-electron chi connectivity index (χ4n) is 9.09. The Morgan fingerprint density at radius 1 is 0.612 bits per heavy atom. The molecule has 0 saturated carbocycles. The molecule has 49 heavy (non-hydrogen) atoms. The Balaban J connectivity index is 1.37. The van der Waals surface area contributed by atoms with E-state index >= 15 is 0 Å². The van der Waals surface area contributed by atoms with Gasteiger partial charge in [0.1, 0.15) is 5.65 Å². The van der Waals surface area contributed by atoms with E-state index in [4.69, 9.17) is 4.98 Å². The smallest absolute Gasteiger partial charge is 0.137 e. The maximum atomic E-state index is 4.80. The number of hydrogen-bond donors (Lipinski definition) is 0. The Hall–Kier alpha value is -5.73. The largest absolute Gasteiger partial charge is 0.299 e. The molecular formula is C47H36N2. The Morgan fingerprint density at radius 3 is 2.12 bits per heavy atom. The molecular weight excluding hydrogens is 593 g/mol. The third-order valence-electron chi connectivity index (χ3n) is 11.4. The van der Waals surface area contributed by atoms with Crippen LogP contribution in [0, 0.1) is 12.8 Å². The molecule has 0 saturated heterocycles. The number of aromatic nitrogens is 2. The number of rotatable bonds is 3. The Labute approximate surface area is 286 Å². The zero-order valence-electron chi connectivity index (χ0n) is 28.0. The number of benzene rings is 6. The number of fused-ring (bicyclic) bond motifs is 8. The number of nitrogens with zero attached hydrogens (tertiary/aromatic N) is 2. The Morgan fingerprint density at radius 2 is 1.31 bits per heavy atom. The van der Waals surface area contributed by atoms with E-state index in [1.54, 1.807) is 0 Å². The van der Waals surface area contributed by atoms with Gasteiger partial charge < -0.3 is 0 Å². The van der Waals surface area contributed by atoms with Crippen LogP contribution < -0.4 is 0 Å². The van der Waals surface area contributed by atoms with Crippen LogP contribution in [0.4, 0.5) is 0 Å². The molecule has 2 aliphatic carbocycles. The highest BCUT2D eigenvalue weighted by Gasteiger charge is 2.45. The van der Waals surface area contributed by atoms with Crippen molar-refractivity contribution in [2.75, 3.05) is 0 Å². The van der Waals surface area contributed by atoms with Gasteiger partial charge in [-0.1, -0.05) is 135 Å². The predicted octanol–water partition coefficient (Wildman–Crippen LogP) is 12.2. The van der Waals surface area contributed by atoms with Crippen molar-refractivity contribution in [1.29, 1.82) is 0 Å². The second-order valence-corrected chi connectivity index (χ2v) is 14.5. The quantitative estimate of drug-likeness (QED) is 0.178. The van der Waals surface area contributed by atoms with Crippen LogP contribution in [0.25, 0.3) is 71.5 Å². The molecule has 0 spiro atoms. The molecule has 2 atom stereocenters. The van der Waals surface area contributed by atoms with E-state index in [1.165, 1.54) is 71.3 Å². The van der Waals surface area contributed by atoms with Gasteiger partial charge in [-0.05, 0) is 108 Å². The molecule has 2 aromatic heterocycles. The fraction of sp³-hybridized carbons (Fsp3) is 0.128. The van der Waals surface area contributed by atoms with Gasteiger partial charge in [-0.3, -0.25) is 4.40 Å². The molecule has 0 amide bonds. The van der Waals surface area contributed by atoms with E-state index in [1.807, 2.05) is 6.20 Å². The minimum atomic E-state index is -0.00480. The van der Waals surface area contributed by atoms with Crippen molar-refractivity contribution in [1.82, 2.24) is 9.38 Å². The summed E-state index contributed by atoms with van der Waals surface area (Å²) in [6, 6.07) is 42.9. The Bertz CT molecular complexity index is 2700. The minimum Gasteiger partial charge on any atom is -0.299 e. The summed E-state index contributed by atoms with van der Waals surface area (Å²) >= 11 is 0. The van der Waals surface area contributed by atoms with Crippen molar-refractivity contribution in [3.63, 3.8) is 0 Å². The highest BCUT2D eigenvalue weighted by atomic mass is 15.0. The summed E-state index contributed by atoms with van der Waals surface area (Å²) in [6.07, 6.45) is 13.5. The van der Waals surface area contributed by atoms with Crippen LogP contribution >= 0.6 is 0 Å². The van der Waals surface area contributed by atoms with Crippen LogP contribution in [0.2, 0.25) is 0 Å². The SMILES string of the molecule is Cc1ccc2ncc(-c3ccc4c(-c5ccccc5)c5ccccc5c(-c5cc6c(c7ccccc57)C5C=CC=CC5C6(C)C)c4c3)n2c1. The van der Waals surface area contributed by atoms with Crippen LogP contribution in [0.1, 0.15) is 36.5 Å². The highest BCUT2D eigenvalue weighted by Crippen LogP contribution is 2.57. The molecule has 0 fully saturated rings. The number of allylic oxidation sites excluding steroid dienone is 4. The van der Waals surface area contributed by atoms with Crippen molar-refractivity contribution in [3.8, 4) is 33.5 Å². The van der Waals surface area contributed by atoms with E-state index in [-0.39, 0.29) is 5.41 Å². The molecule has 6 aromatic carbocycles. The zero-order valence-corrected chi connectivity index (χ0v) is 28.0. The third kappa shape index (κ3) is 4.04. The maximum Gasteiger partial charge on any atom is 0.137 e. The fourth-order valence-corrected chi connectivity index (χ4v) is 9.09. The van der Waals surface area contributed by atoms with E-state index in [0.29, 0.717) is 11.8 Å². The molecule has 0 N–H and O–H groups in total. The first-order chi connectivity index (χ1) is 24.0. The summed E-state index contributed by atoms with van der Waals surface area (Å²) in [5.74, 6) is 0.818. The molecule has 234 valence electrons. The Kier molecular flexibility index (Phi) is 6.00. The van der Waals surface area contributed by atoms with Crippen molar-refractivity contribution in [2.45, 2.75) is 32.1 Å². The second-order valence-electron chi connectivity index (χ2n) is 14.5. The van der Waals surface area contributed by atoms with Gasteiger partial charge >= 0.3 is 0 Å². The first-order valence-electron chi connectivity index (χ1n) is 17.4. The molecule has 2 aliphatic rings. The lowest BCUT2D eigenvalue weighted by Crippen LogP contribution is -2.24. The van der Waals surface area contributed by atoms with Gasteiger partial charge in [0, 0.05) is 17.7 Å². The van der Waals surface area contributed by atoms with Crippen molar-refractivity contribution >= 4 is 38.0 Å². The normalized spacial score (nSPS) is 17.7. The van der Waals surface area contributed by atoms with Crippen LogP contribution in [0.15, 0.2) is 152 Å². The molecule has 0 aliphatic heterocycles. The maximum absolute atomic E-state index is 4.80. The van der Waals surface area contributed by atoms with Crippen LogP contribution in [-0.2, 0) is 5.41 Å². The van der Waals surface area contributed by atoms with Gasteiger partial charge in [0.15, 0.2) is 0 Å². The lowest BCUT2D eigenvalue weighted by atomic mass is 9.74. The van der Waals surface area contributed by atoms with Gasteiger partial charge in [-0.15, -0.1) is 0 Å². The molecule has 2 nitrogen and oxygen atoms in total. The van der Waals surface area contributed by atoms with Crippen molar-refractivity contribution in [2.24, 2.45) is 5.92 Å². The summed E-state index contributed by atoms with van der Waals surface area (Å²) < 4.78 is 2.23. The van der Waals surface area contributed by atoms with E-state index in [2.05, 4.69) is 171 Å². The van der Waals surface area contributed by atoms with Gasteiger partial charge in [-0.2, -0.15) is 0 Å². The van der Waals surface area contributed by atoms with Crippen molar-refractivity contribution in [3.05, 3.63) is 169 Å². The summed E-state index contributed by atoms with van der Waals surface area (Å²) in [7, 11) is 0. The van der Waals surface area contributed by atoms with E-state index in [9.17, 15) is 0 Å². The average molecular weight is 629 g/mol.